The molecule has 0 aromatic heterocycles. The molecule has 0 atom stereocenters. The van der Waals surface area contributed by atoms with E-state index >= 15 is 0 Å². The molecule has 1 amide bonds. The molecule has 0 spiro atoms. The fraction of sp³-hybridized carbons (Fsp3) is 0.526. The Bertz CT molecular complexity index is 775. The van der Waals surface area contributed by atoms with Crippen LogP contribution in [0.4, 0.5) is 5.69 Å². The summed E-state index contributed by atoms with van der Waals surface area (Å²) in [4.78, 5) is 12.2. The van der Waals surface area contributed by atoms with Crippen LogP contribution in [-0.2, 0) is 14.8 Å². The number of carbonyl (C=O) groups is 1. The van der Waals surface area contributed by atoms with Crippen LogP contribution in [0.25, 0.3) is 0 Å². The van der Waals surface area contributed by atoms with Crippen molar-refractivity contribution in [1.82, 2.24) is 4.31 Å². The minimum absolute atomic E-state index is 0.109. The number of hydrogen-bond acceptors (Lipinski definition) is 3. The lowest BCUT2D eigenvalue weighted by molar-refractivity contribution is -0.116. The average molecular weight is 399 g/mol. The maximum absolute atomic E-state index is 12.2. The van der Waals surface area contributed by atoms with Gasteiger partial charge >= 0.3 is 0 Å². The second-order valence-electron chi connectivity index (χ2n) is 6.78. The van der Waals surface area contributed by atoms with Gasteiger partial charge in [-0.15, -0.1) is 0 Å². The number of rotatable bonds is 8. The lowest BCUT2D eigenvalue weighted by Crippen LogP contribution is -2.34. The number of amides is 1. The van der Waals surface area contributed by atoms with Gasteiger partial charge in [-0.1, -0.05) is 29.3 Å². The molecule has 0 fully saturated rings. The summed E-state index contributed by atoms with van der Waals surface area (Å²) in [5.74, 6) is -0.221. The molecule has 144 valence electrons. The van der Waals surface area contributed by atoms with Crippen LogP contribution >= 0.6 is 11.6 Å². The van der Waals surface area contributed by atoms with E-state index in [1.54, 1.807) is 12.1 Å². The number of carbonyl (C=O) groups excluding carboxylic acids is 1. The number of anilines is 1. The Kier molecular flexibility index (Phi) is 7.68. The van der Waals surface area contributed by atoms with Crippen molar-refractivity contribution >= 4 is 33.2 Å². The third-order valence-corrected chi connectivity index (χ3v) is 6.14. The van der Waals surface area contributed by atoms with Crippen molar-refractivity contribution in [2.75, 3.05) is 24.7 Å². The molecular weight excluding hydrogens is 372 g/mol. The average Bonchev–Trinajstić information content (AvgIpc) is 2.58. The van der Waals surface area contributed by atoms with Crippen molar-refractivity contribution in [1.29, 1.82) is 0 Å². The Labute approximate surface area is 161 Å². The molecule has 1 aromatic rings. The molecule has 1 aromatic carbocycles. The third-order valence-electron chi connectivity index (χ3n) is 4.60. The zero-order valence-electron chi connectivity index (χ0n) is 15.4. The number of allylic oxidation sites excluding steroid dienone is 1. The molecule has 0 aliphatic heterocycles. The quantitative estimate of drug-likeness (QED) is 0.669. The Morgan fingerprint density at radius 3 is 2.69 bits per heavy atom. The molecule has 7 heteroatoms. The molecule has 0 saturated carbocycles. The number of nitrogens with zero attached hydrogens (tertiary/aromatic N) is 1. The van der Waals surface area contributed by atoms with Gasteiger partial charge in [0, 0.05) is 30.2 Å². The minimum Gasteiger partial charge on any atom is -0.326 e. The van der Waals surface area contributed by atoms with E-state index in [9.17, 15) is 13.2 Å². The van der Waals surface area contributed by atoms with E-state index in [1.807, 2.05) is 13.0 Å². The molecule has 1 N–H and O–H groups in total. The zero-order chi connectivity index (χ0) is 19.2. The third kappa shape index (κ3) is 6.74. The molecule has 26 heavy (non-hydrogen) atoms. The molecule has 0 unspecified atom stereocenters. The van der Waals surface area contributed by atoms with E-state index < -0.39 is 10.0 Å². The fourth-order valence-electron chi connectivity index (χ4n) is 3.01. The van der Waals surface area contributed by atoms with Gasteiger partial charge in [-0.3, -0.25) is 4.79 Å². The summed E-state index contributed by atoms with van der Waals surface area (Å²) < 4.78 is 25.5. The second-order valence-corrected chi connectivity index (χ2v) is 9.20. The van der Waals surface area contributed by atoms with Gasteiger partial charge in [-0.05, 0) is 56.7 Å². The first-order valence-electron chi connectivity index (χ1n) is 8.95. The smallest absolute Gasteiger partial charge is 0.225 e. The van der Waals surface area contributed by atoms with Crippen molar-refractivity contribution in [2.24, 2.45) is 0 Å². The number of hydrogen-bond donors (Lipinski definition) is 1. The summed E-state index contributed by atoms with van der Waals surface area (Å²) in [6.07, 6.45) is 8.77. The van der Waals surface area contributed by atoms with Crippen LogP contribution in [0, 0.1) is 6.92 Å². The van der Waals surface area contributed by atoms with Gasteiger partial charge in [0.15, 0.2) is 0 Å². The lowest BCUT2D eigenvalue weighted by Gasteiger charge is -2.21. The highest BCUT2D eigenvalue weighted by Crippen LogP contribution is 2.22. The molecule has 0 heterocycles. The summed E-state index contributed by atoms with van der Waals surface area (Å²) in [6.45, 7) is 2.48. The van der Waals surface area contributed by atoms with Crippen molar-refractivity contribution < 1.29 is 13.2 Å². The molecule has 5 nitrogen and oxygen atoms in total. The van der Waals surface area contributed by atoms with E-state index in [0.29, 0.717) is 17.3 Å². The molecule has 0 radical (unpaired) electrons. The molecular formula is C19H27ClN2O3S. The van der Waals surface area contributed by atoms with Crippen LogP contribution in [0.15, 0.2) is 29.8 Å². The Balaban J connectivity index is 1.90. The lowest BCUT2D eigenvalue weighted by atomic mass is 9.97. The first-order valence-corrected chi connectivity index (χ1v) is 11.2. The fourth-order valence-corrected chi connectivity index (χ4v) is 4.03. The maximum Gasteiger partial charge on any atom is 0.225 e. The van der Waals surface area contributed by atoms with Gasteiger partial charge in [0.2, 0.25) is 15.9 Å². The second kappa shape index (κ2) is 9.53. The highest BCUT2D eigenvalue weighted by atomic mass is 35.5. The predicted molar refractivity (Wildman–Crippen MR) is 107 cm³/mol. The van der Waals surface area contributed by atoms with E-state index in [1.165, 1.54) is 29.0 Å². The van der Waals surface area contributed by atoms with Gasteiger partial charge in [-0.25, -0.2) is 12.7 Å². The predicted octanol–water partition coefficient (Wildman–Crippen LogP) is 4.13. The van der Waals surface area contributed by atoms with Crippen molar-refractivity contribution in [2.45, 2.75) is 45.4 Å². The van der Waals surface area contributed by atoms with Gasteiger partial charge < -0.3 is 5.32 Å². The Morgan fingerprint density at radius 2 is 2.04 bits per heavy atom. The van der Waals surface area contributed by atoms with Gasteiger partial charge in [0.1, 0.15) is 0 Å². The SMILES string of the molecule is Cc1ccc(Cl)cc1NC(=O)CCN(CCC1=CCCCC1)S(C)(=O)=O. The highest BCUT2D eigenvalue weighted by Gasteiger charge is 2.19. The van der Waals surface area contributed by atoms with Gasteiger partial charge in [-0.2, -0.15) is 0 Å². The summed E-state index contributed by atoms with van der Waals surface area (Å²) in [5.41, 5.74) is 2.89. The number of nitrogens with one attached hydrogen (secondary N) is 1. The molecule has 1 aliphatic rings. The molecule has 1 aliphatic carbocycles. The summed E-state index contributed by atoms with van der Waals surface area (Å²) in [7, 11) is -3.34. The van der Waals surface area contributed by atoms with E-state index in [4.69, 9.17) is 11.6 Å². The van der Waals surface area contributed by atoms with Crippen LogP contribution < -0.4 is 5.32 Å². The van der Waals surface area contributed by atoms with Gasteiger partial charge in [0.25, 0.3) is 0 Å². The van der Waals surface area contributed by atoms with Crippen LogP contribution in [0.3, 0.4) is 0 Å². The normalized spacial score (nSPS) is 15.0. The van der Waals surface area contributed by atoms with Crippen molar-refractivity contribution in [3.63, 3.8) is 0 Å². The molecule has 0 saturated heterocycles. The van der Waals surface area contributed by atoms with Crippen molar-refractivity contribution in [3.8, 4) is 0 Å². The summed E-state index contributed by atoms with van der Waals surface area (Å²) in [5, 5.41) is 3.35. The molecule has 0 bridgehead atoms. The number of benzene rings is 1. The molecule has 2 rings (SSSR count). The van der Waals surface area contributed by atoms with Crippen LogP contribution in [0.1, 0.15) is 44.1 Å². The first-order chi connectivity index (χ1) is 12.3. The number of aryl methyl sites for hydroxylation is 1. The Hall–Kier alpha value is -1.37. The zero-order valence-corrected chi connectivity index (χ0v) is 17.0. The van der Waals surface area contributed by atoms with Crippen LogP contribution in [0.2, 0.25) is 5.02 Å². The standard InChI is InChI=1S/C19H27ClN2O3S/c1-15-8-9-17(20)14-18(15)21-19(23)11-13-22(26(2,24)25)12-10-16-6-4-3-5-7-16/h6,8-9,14H,3-5,7,10-13H2,1-2H3,(H,21,23). The monoisotopic (exact) mass is 398 g/mol. The Morgan fingerprint density at radius 1 is 1.27 bits per heavy atom. The minimum atomic E-state index is -3.34. The van der Waals surface area contributed by atoms with Crippen LogP contribution in [0.5, 0.6) is 0 Å². The van der Waals surface area contributed by atoms with Crippen LogP contribution in [-0.4, -0.2) is 38.0 Å². The van der Waals surface area contributed by atoms with Gasteiger partial charge in [0.05, 0.1) is 6.26 Å². The number of halogens is 1. The summed E-state index contributed by atoms with van der Waals surface area (Å²) in [6, 6.07) is 5.29. The number of sulfonamides is 1. The largest absolute Gasteiger partial charge is 0.326 e. The van der Waals surface area contributed by atoms with Crippen molar-refractivity contribution in [3.05, 3.63) is 40.4 Å². The maximum atomic E-state index is 12.2. The van der Waals surface area contributed by atoms with E-state index in [-0.39, 0.29) is 18.9 Å². The highest BCUT2D eigenvalue weighted by molar-refractivity contribution is 7.88. The first kappa shape index (κ1) is 20.9. The van der Waals surface area contributed by atoms with E-state index in [0.717, 1.165) is 24.8 Å². The van der Waals surface area contributed by atoms with E-state index in [2.05, 4.69) is 11.4 Å². The summed E-state index contributed by atoms with van der Waals surface area (Å²) >= 11 is 5.96. The topological polar surface area (TPSA) is 66.5 Å².